The normalized spacial score (nSPS) is 11.5. The van der Waals surface area contributed by atoms with Crippen LogP contribution >= 0.6 is 0 Å². The Bertz CT molecular complexity index is 811. The molecule has 3 rings (SSSR count). The van der Waals surface area contributed by atoms with E-state index >= 15 is 0 Å². The third-order valence-electron chi connectivity index (χ3n) is 3.02. The summed E-state index contributed by atoms with van der Waals surface area (Å²) in [4.78, 5) is 16.4. The van der Waals surface area contributed by atoms with Gasteiger partial charge in [-0.05, 0) is 37.6 Å². The monoisotopic (exact) mass is 269 g/mol. The number of H-pyrrole nitrogens is 1. The highest BCUT2D eigenvalue weighted by Crippen LogP contribution is 2.23. The molecule has 5 nitrogen and oxygen atoms in total. The van der Waals surface area contributed by atoms with E-state index in [-0.39, 0.29) is 2.85 Å². The van der Waals surface area contributed by atoms with Crippen LogP contribution in [0.3, 0.4) is 0 Å². The lowest BCUT2D eigenvalue weighted by Crippen LogP contribution is -1.99. The molecule has 0 spiro atoms. The first-order valence-electron chi connectivity index (χ1n) is 6.39. The van der Waals surface area contributed by atoms with E-state index in [1.54, 1.807) is 6.20 Å². The van der Waals surface area contributed by atoms with E-state index < -0.39 is 0 Å². The molecule has 3 aromatic rings. The van der Waals surface area contributed by atoms with Gasteiger partial charge in [-0.3, -0.25) is 0 Å². The van der Waals surface area contributed by atoms with Gasteiger partial charge in [0, 0.05) is 2.85 Å². The molecule has 0 aliphatic heterocycles. The highest BCUT2D eigenvalue weighted by Gasteiger charge is 2.11. The number of nitrogens with two attached hydrogens (primary N) is 1. The van der Waals surface area contributed by atoms with E-state index in [2.05, 4.69) is 19.9 Å². The SMILES string of the molecule is C/C=C/c1cnc(N)c(-c2nc3ccc(C)cc3[nH]2)n1.[HH].[HH]. The van der Waals surface area contributed by atoms with Crippen molar-refractivity contribution in [3.8, 4) is 11.5 Å². The summed E-state index contributed by atoms with van der Waals surface area (Å²) < 4.78 is 0. The molecule has 0 amide bonds. The molecule has 2 heterocycles. The number of aromatic amines is 1. The summed E-state index contributed by atoms with van der Waals surface area (Å²) in [7, 11) is 0. The summed E-state index contributed by atoms with van der Waals surface area (Å²) in [5.74, 6) is 1.01. The van der Waals surface area contributed by atoms with Crippen molar-refractivity contribution >= 4 is 22.9 Å². The number of aromatic nitrogens is 4. The number of benzene rings is 1. The first-order chi connectivity index (χ1) is 9.67. The molecule has 0 fully saturated rings. The zero-order chi connectivity index (χ0) is 14.1. The summed E-state index contributed by atoms with van der Waals surface area (Å²) in [5, 5.41) is 0. The number of nitrogens with one attached hydrogen (secondary N) is 1. The smallest absolute Gasteiger partial charge is 0.161 e. The van der Waals surface area contributed by atoms with Crippen molar-refractivity contribution in [3.05, 3.63) is 41.7 Å². The third kappa shape index (κ3) is 2.14. The quantitative estimate of drug-likeness (QED) is 0.746. The minimum absolute atomic E-state index is 0. The third-order valence-corrected chi connectivity index (χ3v) is 3.02. The number of fused-ring (bicyclic) bond motifs is 1. The highest BCUT2D eigenvalue weighted by molar-refractivity contribution is 5.81. The number of allylic oxidation sites excluding steroid dienone is 1. The number of anilines is 1. The molecule has 20 heavy (non-hydrogen) atoms. The molecule has 0 saturated heterocycles. The van der Waals surface area contributed by atoms with Crippen molar-refractivity contribution < 1.29 is 2.85 Å². The molecule has 0 aliphatic rings. The van der Waals surface area contributed by atoms with E-state index in [9.17, 15) is 0 Å². The van der Waals surface area contributed by atoms with Crippen molar-refractivity contribution in [2.45, 2.75) is 13.8 Å². The van der Waals surface area contributed by atoms with Crippen LogP contribution in [0, 0.1) is 6.92 Å². The second-order valence-electron chi connectivity index (χ2n) is 4.63. The lowest BCUT2D eigenvalue weighted by atomic mass is 10.2. The predicted octanol–water partition coefficient (Wildman–Crippen LogP) is 3.44. The Morgan fingerprint density at radius 1 is 1.30 bits per heavy atom. The summed E-state index contributed by atoms with van der Waals surface area (Å²) in [5.41, 5.74) is 10.3. The molecule has 2 aromatic heterocycles. The van der Waals surface area contributed by atoms with Gasteiger partial charge in [-0.1, -0.05) is 12.1 Å². The number of nitrogens with zero attached hydrogens (tertiary/aromatic N) is 3. The second kappa shape index (κ2) is 4.77. The van der Waals surface area contributed by atoms with E-state index in [4.69, 9.17) is 5.73 Å². The van der Waals surface area contributed by atoms with Crippen molar-refractivity contribution in [2.24, 2.45) is 0 Å². The van der Waals surface area contributed by atoms with Crippen LogP contribution in [0.4, 0.5) is 5.82 Å². The van der Waals surface area contributed by atoms with Crippen LogP contribution in [0.15, 0.2) is 30.5 Å². The average Bonchev–Trinajstić information content (AvgIpc) is 2.84. The van der Waals surface area contributed by atoms with E-state index in [0.29, 0.717) is 17.3 Å². The minimum atomic E-state index is 0. The van der Waals surface area contributed by atoms with E-state index in [1.807, 2.05) is 44.2 Å². The topological polar surface area (TPSA) is 80.5 Å². The standard InChI is InChI=1S/C15H15N5.2H2/c1-3-4-10-8-17-14(16)13(18-10)15-19-11-6-5-9(2)7-12(11)20-15;;/h3-8H,1-2H3,(H2,16,17)(H,19,20);2*1H/b4-3+;;. The van der Waals surface area contributed by atoms with Gasteiger partial charge in [-0.25, -0.2) is 15.0 Å². The molecule has 1 aromatic carbocycles. The Morgan fingerprint density at radius 2 is 2.15 bits per heavy atom. The van der Waals surface area contributed by atoms with Gasteiger partial charge in [0.1, 0.15) is 5.69 Å². The van der Waals surface area contributed by atoms with Gasteiger partial charge in [0.2, 0.25) is 0 Å². The van der Waals surface area contributed by atoms with Gasteiger partial charge in [-0.2, -0.15) is 0 Å². The first-order valence-corrected chi connectivity index (χ1v) is 6.39. The fraction of sp³-hybridized carbons (Fsp3) is 0.133. The average molecular weight is 269 g/mol. The Hall–Kier alpha value is -2.69. The number of imidazole rings is 1. The summed E-state index contributed by atoms with van der Waals surface area (Å²) in [6, 6.07) is 6.05. The Balaban J connectivity index is 0.00000121. The van der Waals surface area contributed by atoms with E-state index in [0.717, 1.165) is 16.7 Å². The first kappa shape index (κ1) is 12.3. The molecule has 0 saturated carbocycles. The molecule has 0 bridgehead atoms. The van der Waals surface area contributed by atoms with Crippen LogP contribution in [-0.4, -0.2) is 19.9 Å². The maximum atomic E-state index is 5.91. The molecule has 104 valence electrons. The zero-order valence-electron chi connectivity index (χ0n) is 11.4. The fourth-order valence-corrected chi connectivity index (χ4v) is 2.07. The Kier molecular flexibility index (Phi) is 2.95. The van der Waals surface area contributed by atoms with Crippen molar-refractivity contribution in [2.75, 3.05) is 5.73 Å². The van der Waals surface area contributed by atoms with Crippen molar-refractivity contribution in [3.63, 3.8) is 0 Å². The van der Waals surface area contributed by atoms with Gasteiger partial charge in [0.15, 0.2) is 11.6 Å². The Labute approximate surface area is 119 Å². The van der Waals surface area contributed by atoms with Crippen LogP contribution < -0.4 is 5.73 Å². The van der Waals surface area contributed by atoms with Crippen LogP contribution in [0.1, 0.15) is 21.0 Å². The highest BCUT2D eigenvalue weighted by atomic mass is 15.0. The molecule has 5 heteroatoms. The van der Waals surface area contributed by atoms with Gasteiger partial charge in [0.25, 0.3) is 0 Å². The van der Waals surface area contributed by atoms with Crippen LogP contribution in [0.2, 0.25) is 0 Å². The van der Waals surface area contributed by atoms with Crippen LogP contribution in [0.5, 0.6) is 0 Å². The molecule has 3 N–H and O–H groups in total. The second-order valence-corrected chi connectivity index (χ2v) is 4.63. The Morgan fingerprint density at radius 3 is 2.95 bits per heavy atom. The zero-order valence-corrected chi connectivity index (χ0v) is 11.4. The predicted molar refractivity (Wildman–Crippen MR) is 85.2 cm³/mol. The van der Waals surface area contributed by atoms with Gasteiger partial charge < -0.3 is 10.7 Å². The maximum absolute atomic E-state index is 5.91. The number of nitrogen functional groups attached to an aromatic ring is 1. The lowest BCUT2D eigenvalue weighted by molar-refractivity contribution is 1.16. The van der Waals surface area contributed by atoms with Gasteiger partial charge in [-0.15, -0.1) is 0 Å². The summed E-state index contributed by atoms with van der Waals surface area (Å²) in [6.45, 7) is 3.97. The molecule has 0 atom stereocenters. The van der Waals surface area contributed by atoms with Crippen LogP contribution in [0.25, 0.3) is 28.6 Å². The lowest BCUT2D eigenvalue weighted by Gasteiger charge is -2.01. The molecular formula is C15H19N5. The van der Waals surface area contributed by atoms with E-state index in [1.165, 1.54) is 5.56 Å². The van der Waals surface area contributed by atoms with Crippen molar-refractivity contribution in [1.29, 1.82) is 0 Å². The number of aryl methyl sites for hydroxylation is 1. The van der Waals surface area contributed by atoms with Gasteiger partial charge in [0.05, 0.1) is 22.9 Å². The number of hydrogen-bond donors (Lipinski definition) is 2. The minimum Gasteiger partial charge on any atom is -0.382 e. The summed E-state index contributed by atoms with van der Waals surface area (Å²) in [6.07, 6.45) is 5.43. The molecule has 0 radical (unpaired) electrons. The van der Waals surface area contributed by atoms with Crippen molar-refractivity contribution in [1.82, 2.24) is 19.9 Å². The maximum Gasteiger partial charge on any atom is 0.161 e. The molecular weight excluding hydrogens is 250 g/mol. The van der Waals surface area contributed by atoms with Gasteiger partial charge >= 0.3 is 0 Å². The summed E-state index contributed by atoms with van der Waals surface area (Å²) >= 11 is 0. The van der Waals surface area contributed by atoms with Crippen LogP contribution in [-0.2, 0) is 0 Å². The number of rotatable bonds is 2. The fourth-order valence-electron chi connectivity index (χ4n) is 2.07. The largest absolute Gasteiger partial charge is 0.382 e. The molecule has 0 aliphatic carbocycles. The molecule has 0 unspecified atom stereocenters. The number of hydrogen-bond acceptors (Lipinski definition) is 4.